The van der Waals surface area contributed by atoms with E-state index in [1.54, 1.807) is 38.5 Å². The molecule has 0 bridgehead atoms. The zero-order valence-corrected chi connectivity index (χ0v) is 18.8. The van der Waals surface area contributed by atoms with E-state index >= 15 is 0 Å². The minimum atomic E-state index is -3.43. The topological polar surface area (TPSA) is 68.3 Å². The second-order valence-electron chi connectivity index (χ2n) is 7.41. The lowest BCUT2D eigenvalue weighted by atomic mass is 10.0. The summed E-state index contributed by atoms with van der Waals surface area (Å²) in [7, 11) is 2.94. The third-order valence-corrected chi connectivity index (χ3v) is 7.24. The van der Waals surface area contributed by atoms with Gasteiger partial charge in [0.1, 0.15) is 23.9 Å². The second-order valence-corrected chi connectivity index (χ2v) is 9.56. The van der Waals surface area contributed by atoms with Crippen molar-refractivity contribution in [3.8, 4) is 17.2 Å². The lowest BCUT2D eigenvalue weighted by Crippen LogP contribution is -2.28. The van der Waals surface area contributed by atoms with Crippen LogP contribution in [0.25, 0.3) is 0 Å². The van der Waals surface area contributed by atoms with Crippen molar-refractivity contribution < 1.29 is 22.6 Å². The predicted molar refractivity (Wildman–Crippen MR) is 116 cm³/mol. The van der Waals surface area contributed by atoms with Crippen LogP contribution in [0.4, 0.5) is 0 Å². The van der Waals surface area contributed by atoms with Crippen molar-refractivity contribution in [1.29, 1.82) is 0 Å². The van der Waals surface area contributed by atoms with E-state index < -0.39 is 10.0 Å². The summed E-state index contributed by atoms with van der Waals surface area (Å²) < 4.78 is 42.3. The minimum absolute atomic E-state index is 0.256. The summed E-state index contributed by atoms with van der Waals surface area (Å²) in [5, 5.41) is 0. The van der Waals surface area contributed by atoms with E-state index in [0.29, 0.717) is 12.4 Å². The van der Waals surface area contributed by atoms with Gasteiger partial charge >= 0.3 is 0 Å². The van der Waals surface area contributed by atoms with Gasteiger partial charge in [0.15, 0.2) is 0 Å². The Morgan fingerprint density at radius 1 is 1.03 bits per heavy atom. The normalized spacial score (nSPS) is 17.3. The first kappa shape index (κ1) is 22.4. The van der Waals surface area contributed by atoms with E-state index in [-0.39, 0.29) is 10.9 Å². The Kier molecular flexibility index (Phi) is 7.23. The summed E-state index contributed by atoms with van der Waals surface area (Å²) in [6.45, 7) is 2.30. The average molecular weight is 435 g/mol. The van der Waals surface area contributed by atoms with E-state index in [0.717, 1.165) is 43.0 Å². The van der Waals surface area contributed by atoms with Gasteiger partial charge in [-0.25, -0.2) is 12.7 Å². The maximum absolute atomic E-state index is 12.2. The quantitative estimate of drug-likeness (QED) is 0.604. The van der Waals surface area contributed by atoms with Crippen molar-refractivity contribution in [3.63, 3.8) is 0 Å². The van der Waals surface area contributed by atoms with Crippen LogP contribution in [0.3, 0.4) is 0 Å². The molecule has 0 aliphatic carbocycles. The van der Waals surface area contributed by atoms with Crippen molar-refractivity contribution in [2.45, 2.75) is 23.8 Å². The number of nitrogens with zero attached hydrogens (tertiary/aromatic N) is 2. The highest BCUT2D eigenvalue weighted by Crippen LogP contribution is 2.38. The molecule has 30 heavy (non-hydrogen) atoms. The number of hydrogen-bond donors (Lipinski definition) is 0. The first-order valence-corrected chi connectivity index (χ1v) is 11.4. The molecule has 8 heteroatoms. The molecule has 0 spiro atoms. The molecule has 2 aromatic carbocycles. The third kappa shape index (κ3) is 4.88. The fourth-order valence-electron chi connectivity index (χ4n) is 3.74. The van der Waals surface area contributed by atoms with Crippen LogP contribution in [-0.4, -0.2) is 65.6 Å². The Morgan fingerprint density at radius 3 is 2.37 bits per heavy atom. The molecule has 7 nitrogen and oxygen atoms in total. The summed E-state index contributed by atoms with van der Waals surface area (Å²) in [5.74, 6) is 2.28. The van der Waals surface area contributed by atoms with Gasteiger partial charge in [-0.05, 0) is 49.7 Å². The highest BCUT2D eigenvalue weighted by Gasteiger charge is 2.28. The van der Waals surface area contributed by atoms with Crippen LogP contribution in [-0.2, 0) is 10.0 Å². The number of likely N-dealkylation sites (tertiary alicyclic amines) is 1. The predicted octanol–water partition coefficient (Wildman–Crippen LogP) is 3.17. The van der Waals surface area contributed by atoms with Gasteiger partial charge in [-0.3, -0.25) is 4.90 Å². The molecule has 1 saturated heterocycles. The van der Waals surface area contributed by atoms with Gasteiger partial charge in [-0.1, -0.05) is 6.07 Å². The van der Waals surface area contributed by atoms with Gasteiger partial charge in [0, 0.05) is 38.3 Å². The molecule has 1 atom stereocenters. The average Bonchev–Trinajstić information content (AvgIpc) is 3.21. The van der Waals surface area contributed by atoms with Crippen molar-refractivity contribution in [3.05, 3.63) is 48.0 Å². The van der Waals surface area contributed by atoms with E-state index in [1.165, 1.54) is 18.4 Å². The van der Waals surface area contributed by atoms with Crippen LogP contribution < -0.4 is 14.2 Å². The molecular formula is C22H30N2O5S. The van der Waals surface area contributed by atoms with Gasteiger partial charge in [0.05, 0.1) is 19.1 Å². The molecule has 1 heterocycles. The van der Waals surface area contributed by atoms with Crippen molar-refractivity contribution in [2.75, 3.05) is 48.0 Å². The molecule has 0 radical (unpaired) electrons. The zero-order chi connectivity index (χ0) is 21.7. The number of sulfonamides is 1. The molecule has 1 fully saturated rings. The van der Waals surface area contributed by atoms with E-state index in [4.69, 9.17) is 14.2 Å². The molecule has 1 aliphatic heterocycles. The number of ether oxygens (including phenoxy) is 3. The first-order valence-electron chi connectivity index (χ1n) is 9.98. The lowest BCUT2D eigenvalue weighted by Gasteiger charge is -2.26. The Labute approximate surface area is 179 Å². The molecular weight excluding hydrogens is 404 g/mol. The van der Waals surface area contributed by atoms with Gasteiger partial charge in [-0.15, -0.1) is 0 Å². The molecule has 0 amide bonds. The van der Waals surface area contributed by atoms with Crippen LogP contribution in [0.5, 0.6) is 17.2 Å². The summed E-state index contributed by atoms with van der Waals surface area (Å²) in [4.78, 5) is 2.65. The summed E-state index contributed by atoms with van der Waals surface area (Å²) in [5.41, 5.74) is 1.16. The smallest absolute Gasteiger partial charge is 0.242 e. The molecule has 0 unspecified atom stereocenters. The highest BCUT2D eigenvalue weighted by atomic mass is 32.2. The Balaban J connectivity index is 1.61. The SMILES string of the molecule is COc1ccc([C@@H]2CCCN2CCOc2ccc(S(=O)(=O)N(C)C)cc2)c(OC)c1. The molecule has 0 N–H and O–H groups in total. The standard InChI is InChI=1S/C22H30N2O5S/c1-23(2)30(25,26)19-10-7-17(8-11-19)29-15-14-24-13-5-6-21(24)20-12-9-18(27-3)16-22(20)28-4/h7-12,16,21H,5-6,13-15H2,1-4H3/t21-/m0/s1. The fourth-order valence-corrected chi connectivity index (χ4v) is 4.64. The number of rotatable bonds is 9. The van der Waals surface area contributed by atoms with Gasteiger partial charge in [0.25, 0.3) is 0 Å². The molecule has 3 rings (SSSR count). The number of hydrogen-bond acceptors (Lipinski definition) is 6. The summed E-state index contributed by atoms with van der Waals surface area (Å²) >= 11 is 0. The summed E-state index contributed by atoms with van der Waals surface area (Å²) in [6.07, 6.45) is 2.19. The zero-order valence-electron chi connectivity index (χ0n) is 18.0. The number of benzene rings is 2. The van der Waals surface area contributed by atoms with Crippen molar-refractivity contribution in [1.82, 2.24) is 9.21 Å². The van der Waals surface area contributed by atoms with E-state index in [9.17, 15) is 8.42 Å². The molecule has 0 aromatic heterocycles. The van der Waals surface area contributed by atoms with E-state index in [2.05, 4.69) is 11.0 Å². The molecule has 2 aromatic rings. The van der Waals surface area contributed by atoms with Gasteiger partial charge in [-0.2, -0.15) is 0 Å². The van der Waals surface area contributed by atoms with E-state index in [1.807, 2.05) is 12.1 Å². The minimum Gasteiger partial charge on any atom is -0.497 e. The van der Waals surface area contributed by atoms with Gasteiger partial charge in [0.2, 0.25) is 10.0 Å². The lowest BCUT2D eigenvalue weighted by molar-refractivity contribution is 0.195. The fraction of sp³-hybridized carbons (Fsp3) is 0.455. The second kappa shape index (κ2) is 9.68. The first-order chi connectivity index (χ1) is 14.4. The Morgan fingerprint density at radius 2 is 1.73 bits per heavy atom. The van der Waals surface area contributed by atoms with Crippen molar-refractivity contribution >= 4 is 10.0 Å². The van der Waals surface area contributed by atoms with Crippen LogP contribution in [0.2, 0.25) is 0 Å². The van der Waals surface area contributed by atoms with Crippen LogP contribution in [0.1, 0.15) is 24.4 Å². The summed E-state index contributed by atoms with van der Waals surface area (Å²) in [6, 6.07) is 12.8. The highest BCUT2D eigenvalue weighted by molar-refractivity contribution is 7.89. The Bertz CT molecular complexity index is 945. The monoisotopic (exact) mass is 434 g/mol. The molecule has 0 saturated carbocycles. The van der Waals surface area contributed by atoms with Gasteiger partial charge < -0.3 is 14.2 Å². The van der Waals surface area contributed by atoms with Crippen LogP contribution in [0.15, 0.2) is 47.4 Å². The van der Waals surface area contributed by atoms with Crippen LogP contribution in [0, 0.1) is 0 Å². The third-order valence-electron chi connectivity index (χ3n) is 5.41. The Hall–Kier alpha value is -2.29. The maximum atomic E-state index is 12.2. The largest absolute Gasteiger partial charge is 0.497 e. The van der Waals surface area contributed by atoms with Crippen LogP contribution >= 0.6 is 0 Å². The molecule has 1 aliphatic rings. The van der Waals surface area contributed by atoms with Crippen molar-refractivity contribution in [2.24, 2.45) is 0 Å². The number of methoxy groups -OCH3 is 2. The maximum Gasteiger partial charge on any atom is 0.242 e. The molecule has 164 valence electrons.